The topological polar surface area (TPSA) is 78.9 Å². The zero-order valence-electron chi connectivity index (χ0n) is 10.5. The van der Waals surface area contributed by atoms with Crippen LogP contribution in [-0.4, -0.2) is 46.9 Å². The highest BCUT2D eigenvalue weighted by atomic mass is 16.6. The summed E-state index contributed by atoms with van der Waals surface area (Å²) in [5.41, 5.74) is -0.508. The number of nitrogens with zero attached hydrogens (tertiary/aromatic N) is 1. The van der Waals surface area contributed by atoms with Crippen LogP contribution in [0.1, 0.15) is 33.6 Å². The van der Waals surface area contributed by atoms with Crippen LogP contribution < -0.4 is 5.32 Å². The zero-order chi connectivity index (χ0) is 13.1. The summed E-state index contributed by atoms with van der Waals surface area (Å²) in [6.07, 6.45) is -0.0797. The first kappa shape index (κ1) is 13.6. The lowest BCUT2D eigenvalue weighted by atomic mass is 10.1. The van der Waals surface area contributed by atoms with Crippen LogP contribution in [0.3, 0.4) is 0 Å². The van der Waals surface area contributed by atoms with Crippen molar-refractivity contribution in [2.75, 3.05) is 13.1 Å². The Bertz CT molecular complexity index is 290. The molecule has 2 amide bonds. The molecule has 6 nitrogen and oxygen atoms in total. The molecular formula is C11H20N2O4. The lowest BCUT2D eigenvalue weighted by Gasteiger charge is -2.31. The van der Waals surface area contributed by atoms with Crippen LogP contribution >= 0.6 is 0 Å². The number of amides is 2. The molecule has 2 N–H and O–H groups in total. The Morgan fingerprint density at radius 1 is 1.29 bits per heavy atom. The third kappa shape index (κ3) is 4.93. The van der Waals surface area contributed by atoms with Gasteiger partial charge < -0.3 is 20.1 Å². The van der Waals surface area contributed by atoms with E-state index in [0.717, 1.165) is 0 Å². The first-order chi connectivity index (χ1) is 7.78. The highest BCUT2D eigenvalue weighted by Crippen LogP contribution is 2.12. The molecule has 1 aliphatic rings. The number of rotatable bonds is 1. The molecule has 0 radical (unpaired) electrons. The Morgan fingerprint density at radius 3 is 2.24 bits per heavy atom. The van der Waals surface area contributed by atoms with Gasteiger partial charge in [-0.2, -0.15) is 0 Å². The van der Waals surface area contributed by atoms with Crippen molar-refractivity contribution in [2.24, 2.45) is 0 Å². The van der Waals surface area contributed by atoms with Gasteiger partial charge in [0.15, 0.2) is 0 Å². The molecule has 0 saturated carbocycles. The van der Waals surface area contributed by atoms with Crippen molar-refractivity contribution in [3.63, 3.8) is 0 Å². The molecule has 0 aromatic carbocycles. The Hall–Kier alpha value is -1.46. The zero-order valence-corrected chi connectivity index (χ0v) is 10.5. The van der Waals surface area contributed by atoms with Crippen LogP contribution in [0.2, 0.25) is 0 Å². The van der Waals surface area contributed by atoms with Crippen LogP contribution in [-0.2, 0) is 4.74 Å². The van der Waals surface area contributed by atoms with Crippen molar-refractivity contribution in [1.82, 2.24) is 10.2 Å². The van der Waals surface area contributed by atoms with Crippen LogP contribution in [0, 0.1) is 0 Å². The van der Waals surface area contributed by atoms with E-state index >= 15 is 0 Å². The molecule has 17 heavy (non-hydrogen) atoms. The van der Waals surface area contributed by atoms with Crippen LogP contribution in [0.4, 0.5) is 9.59 Å². The fourth-order valence-electron chi connectivity index (χ4n) is 1.69. The lowest BCUT2D eigenvalue weighted by molar-refractivity contribution is 0.0481. The quantitative estimate of drug-likeness (QED) is 0.735. The summed E-state index contributed by atoms with van der Waals surface area (Å²) in [6, 6.07) is 0.000417. The summed E-state index contributed by atoms with van der Waals surface area (Å²) in [7, 11) is 0. The average molecular weight is 244 g/mol. The van der Waals surface area contributed by atoms with Gasteiger partial charge in [-0.3, -0.25) is 0 Å². The van der Waals surface area contributed by atoms with Crippen molar-refractivity contribution in [1.29, 1.82) is 0 Å². The predicted octanol–water partition coefficient (Wildman–Crippen LogP) is 1.65. The summed E-state index contributed by atoms with van der Waals surface area (Å²) in [4.78, 5) is 23.5. The van der Waals surface area contributed by atoms with Gasteiger partial charge >= 0.3 is 12.2 Å². The monoisotopic (exact) mass is 244 g/mol. The largest absolute Gasteiger partial charge is 0.465 e. The molecule has 1 fully saturated rings. The number of hydrogen-bond donors (Lipinski definition) is 2. The second-order valence-corrected chi connectivity index (χ2v) is 5.19. The average Bonchev–Trinajstić information content (AvgIpc) is 2.15. The second-order valence-electron chi connectivity index (χ2n) is 5.19. The van der Waals surface area contributed by atoms with Crippen LogP contribution in [0.15, 0.2) is 0 Å². The molecule has 6 heteroatoms. The number of hydrogen-bond acceptors (Lipinski definition) is 3. The van der Waals surface area contributed by atoms with E-state index in [0.29, 0.717) is 25.9 Å². The molecule has 0 aliphatic carbocycles. The molecule has 1 rings (SSSR count). The molecule has 1 aliphatic heterocycles. The maximum Gasteiger partial charge on any atom is 0.407 e. The van der Waals surface area contributed by atoms with Crippen molar-refractivity contribution >= 4 is 12.2 Å². The number of nitrogens with one attached hydrogen (secondary N) is 1. The van der Waals surface area contributed by atoms with E-state index < -0.39 is 17.8 Å². The Balaban J connectivity index is 2.31. The van der Waals surface area contributed by atoms with Gasteiger partial charge in [0.05, 0.1) is 0 Å². The minimum absolute atomic E-state index is 0.000417. The predicted molar refractivity (Wildman–Crippen MR) is 62.0 cm³/mol. The second kappa shape index (κ2) is 5.25. The van der Waals surface area contributed by atoms with Crippen molar-refractivity contribution in [3.8, 4) is 0 Å². The van der Waals surface area contributed by atoms with Gasteiger partial charge in [-0.15, -0.1) is 0 Å². The Labute approximate surface area is 101 Å². The van der Waals surface area contributed by atoms with E-state index in [4.69, 9.17) is 9.84 Å². The molecule has 0 aromatic rings. The Kier molecular flexibility index (Phi) is 4.20. The SMILES string of the molecule is CC(C)(C)OC(=O)NC1CCN(C(=O)O)CC1. The number of carbonyl (C=O) groups is 2. The van der Waals surface area contributed by atoms with E-state index in [1.54, 1.807) is 20.8 Å². The van der Waals surface area contributed by atoms with Gasteiger partial charge in [0.2, 0.25) is 0 Å². The van der Waals surface area contributed by atoms with Gasteiger partial charge in [-0.1, -0.05) is 0 Å². The van der Waals surface area contributed by atoms with Crippen molar-refractivity contribution in [3.05, 3.63) is 0 Å². The van der Waals surface area contributed by atoms with Crippen LogP contribution in [0.25, 0.3) is 0 Å². The molecule has 0 unspecified atom stereocenters. The highest BCUT2D eigenvalue weighted by molar-refractivity contribution is 5.68. The maximum atomic E-state index is 11.5. The fourth-order valence-corrected chi connectivity index (χ4v) is 1.69. The summed E-state index contributed by atoms with van der Waals surface area (Å²) in [5, 5.41) is 11.5. The lowest BCUT2D eigenvalue weighted by Crippen LogP contribution is -2.47. The summed E-state index contributed by atoms with van der Waals surface area (Å²) in [5.74, 6) is 0. The fraction of sp³-hybridized carbons (Fsp3) is 0.818. The number of carboxylic acid groups (broad SMARTS) is 1. The highest BCUT2D eigenvalue weighted by Gasteiger charge is 2.25. The minimum Gasteiger partial charge on any atom is -0.465 e. The number of carbonyl (C=O) groups excluding carboxylic acids is 1. The van der Waals surface area contributed by atoms with Gasteiger partial charge in [0, 0.05) is 19.1 Å². The van der Waals surface area contributed by atoms with E-state index in [1.807, 2.05) is 0 Å². The normalized spacial score (nSPS) is 17.7. The molecule has 0 spiro atoms. The van der Waals surface area contributed by atoms with E-state index in [-0.39, 0.29) is 6.04 Å². The molecule has 0 bridgehead atoms. The number of alkyl carbamates (subject to hydrolysis) is 1. The third-order valence-electron chi connectivity index (χ3n) is 2.49. The van der Waals surface area contributed by atoms with E-state index in [1.165, 1.54) is 4.90 Å². The number of likely N-dealkylation sites (tertiary alicyclic amines) is 1. The first-order valence-electron chi connectivity index (χ1n) is 5.75. The van der Waals surface area contributed by atoms with Crippen molar-refractivity contribution in [2.45, 2.75) is 45.3 Å². The Morgan fingerprint density at radius 2 is 1.82 bits per heavy atom. The number of piperidine rings is 1. The van der Waals surface area contributed by atoms with Crippen molar-refractivity contribution < 1.29 is 19.4 Å². The molecule has 1 saturated heterocycles. The van der Waals surface area contributed by atoms with E-state index in [2.05, 4.69) is 5.32 Å². The molecular weight excluding hydrogens is 224 g/mol. The smallest absolute Gasteiger partial charge is 0.407 e. The van der Waals surface area contributed by atoms with Gasteiger partial charge in [0.1, 0.15) is 5.60 Å². The molecule has 0 aromatic heterocycles. The molecule has 98 valence electrons. The van der Waals surface area contributed by atoms with E-state index in [9.17, 15) is 9.59 Å². The van der Waals surface area contributed by atoms with Crippen LogP contribution in [0.5, 0.6) is 0 Å². The first-order valence-corrected chi connectivity index (χ1v) is 5.75. The molecule has 0 atom stereocenters. The third-order valence-corrected chi connectivity index (χ3v) is 2.49. The van der Waals surface area contributed by atoms with Gasteiger partial charge in [-0.25, -0.2) is 9.59 Å². The molecule has 1 heterocycles. The summed E-state index contributed by atoms with van der Waals surface area (Å²) < 4.78 is 5.13. The minimum atomic E-state index is -0.902. The summed E-state index contributed by atoms with van der Waals surface area (Å²) in [6.45, 7) is 6.32. The standard InChI is InChI=1S/C11H20N2O4/c1-11(2,3)17-9(14)12-8-4-6-13(7-5-8)10(15)16/h8H,4-7H2,1-3H3,(H,12,14)(H,15,16). The van der Waals surface area contributed by atoms with Gasteiger partial charge in [0.25, 0.3) is 0 Å². The van der Waals surface area contributed by atoms with Gasteiger partial charge in [-0.05, 0) is 33.6 Å². The maximum absolute atomic E-state index is 11.5. The summed E-state index contributed by atoms with van der Waals surface area (Å²) >= 11 is 0. The number of ether oxygens (including phenoxy) is 1.